The summed E-state index contributed by atoms with van der Waals surface area (Å²) in [7, 11) is 1.66. The molecule has 31 heavy (non-hydrogen) atoms. The second-order valence-electron chi connectivity index (χ2n) is 6.84. The van der Waals surface area contributed by atoms with Crippen molar-refractivity contribution >= 4 is 90.5 Å². The minimum atomic E-state index is -0.445. The van der Waals surface area contributed by atoms with Crippen LogP contribution in [0.5, 0.6) is 0 Å². The molecule has 0 unspecified atom stereocenters. The fraction of sp³-hybridized carbons (Fsp3) is 0.0952. The van der Waals surface area contributed by atoms with E-state index in [4.69, 9.17) is 28.9 Å². The Morgan fingerprint density at radius 1 is 1.23 bits per heavy atom. The summed E-state index contributed by atoms with van der Waals surface area (Å²) in [4.78, 5) is 30.8. The van der Waals surface area contributed by atoms with E-state index in [1.54, 1.807) is 35.9 Å². The lowest BCUT2D eigenvalue weighted by atomic mass is 10.1. The van der Waals surface area contributed by atoms with Crippen LogP contribution in [0.4, 0.5) is 5.69 Å². The van der Waals surface area contributed by atoms with Crippen molar-refractivity contribution in [1.29, 1.82) is 0 Å². The molecule has 3 aromatic rings. The normalized spacial score (nSPS) is 16.8. The number of benzene rings is 2. The number of likely N-dealkylation sites (N-methyl/N-ethyl adjacent to an activating group) is 1. The molecule has 2 heterocycles. The molecule has 2 N–H and O–H groups in total. The Labute approximate surface area is 200 Å². The Hall–Kier alpha value is -2.26. The third-order valence-corrected chi connectivity index (χ3v) is 6.55. The van der Waals surface area contributed by atoms with Crippen LogP contribution in [-0.2, 0) is 16.1 Å². The van der Waals surface area contributed by atoms with Crippen molar-refractivity contribution < 1.29 is 9.59 Å². The van der Waals surface area contributed by atoms with Gasteiger partial charge in [0.1, 0.15) is 6.54 Å². The maximum atomic E-state index is 12.8. The summed E-state index contributed by atoms with van der Waals surface area (Å²) in [5, 5.41) is 2.34. The fourth-order valence-corrected chi connectivity index (χ4v) is 5.07. The Kier molecular flexibility index (Phi) is 6.16. The van der Waals surface area contributed by atoms with Gasteiger partial charge in [-0.25, -0.2) is 4.99 Å². The predicted octanol–water partition coefficient (Wildman–Crippen LogP) is 5.43. The summed E-state index contributed by atoms with van der Waals surface area (Å²) >= 11 is 16.8. The zero-order chi connectivity index (χ0) is 22.3. The van der Waals surface area contributed by atoms with Gasteiger partial charge in [-0.3, -0.25) is 14.5 Å². The third kappa shape index (κ3) is 4.67. The number of amidine groups is 1. The number of amides is 2. The van der Waals surface area contributed by atoms with Gasteiger partial charge < -0.3 is 10.3 Å². The molecule has 10 heteroatoms. The lowest BCUT2D eigenvalue weighted by Crippen LogP contribution is -2.23. The first-order valence-corrected chi connectivity index (χ1v) is 11.4. The predicted molar refractivity (Wildman–Crippen MR) is 131 cm³/mol. The molecule has 0 aliphatic carbocycles. The van der Waals surface area contributed by atoms with Crippen LogP contribution in [0.2, 0.25) is 10.0 Å². The number of aromatic nitrogens is 1. The molecular weight excluding hydrogens is 523 g/mol. The lowest BCUT2D eigenvalue weighted by Gasteiger charge is -2.07. The molecular formula is C21H15BrCl2N4O2S. The van der Waals surface area contributed by atoms with Gasteiger partial charge in [0.05, 0.1) is 10.6 Å². The number of primary amides is 1. The molecule has 1 fully saturated rings. The number of hydrogen-bond acceptors (Lipinski definition) is 4. The lowest BCUT2D eigenvalue weighted by molar-refractivity contribution is -0.121. The van der Waals surface area contributed by atoms with E-state index in [2.05, 4.69) is 20.9 Å². The number of hydrogen-bond donors (Lipinski definition) is 1. The zero-order valence-corrected chi connectivity index (χ0v) is 20.0. The zero-order valence-electron chi connectivity index (χ0n) is 16.1. The summed E-state index contributed by atoms with van der Waals surface area (Å²) in [6.45, 7) is 0.0462. The molecule has 1 saturated heterocycles. The number of carbonyl (C=O) groups is 2. The molecule has 0 atom stereocenters. The van der Waals surface area contributed by atoms with Gasteiger partial charge in [-0.2, -0.15) is 0 Å². The molecule has 6 nitrogen and oxygen atoms in total. The highest BCUT2D eigenvalue weighted by Crippen LogP contribution is 2.36. The van der Waals surface area contributed by atoms with Crippen molar-refractivity contribution in [3.05, 3.63) is 67.6 Å². The van der Waals surface area contributed by atoms with E-state index in [0.29, 0.717) is 25.8 Å². The quantitative estimate of drug-likeness (QED) is 0.450. The van der Waals surface area contributed by atoms with Gasteiger partial charge in [0.25, 0.3) is 5.91 Å². The van der Waals surface area contributed by atoms with E-state index in [9.17, 15) is 9.59 Å². The van der Waals surface area contributed by atoms with Crippen molar-refractivity contribution in [3.8, 4) is 0 Å². The van der Waals surface area contributed by atoms with Crippen LogP contribution in [0.3, 0.4) is 0 Å². The Balaban J connectivity index is 1.74. The highest BCUT2D eigenvalue weighted by atomic mass is 79.9. The van der Waals surface area contributed by atoms with Crippen molar-refractivity contribution in [2.75, 3.05) is 7.05 Å². The molecule has 0 radical (unpaired) electrons. The standard InChI is InChI=1S/C21H15BrCl2N4O2S/c1-27-20(30)18(31-21(27)26-15-7-13(23)6-14(24)8-15)4-11-9-28(10-19(25)29)17-3-2-12(22)5-16(11)17/h2-9H,10H2,1H3,(H2,25,29). The molecule has 2 aromatic carbocycles. The maximum Gasteiger partial charge on any atom is 0.266 e. The van der Waals surface area contributed by atoms with Gasteiger partial charge in [0.15, 0.2) is 5.17 Å². The van der Waals surface area contributed by atoms with Crippen LogP contribution in [0.15, 0.2) is 57.0 Å². The van der Waals surface area contributed by atoms with E-state index in [0.717, 1.165) is 20.9 Å². The Morgan fingerprint density at radius 2 is 1.94 bits per heavy atom. The number of halogens is 3. The van der Waals surface area contributed by atoms with E-state index in [-0.39, 0.29) is 12.5 Å². The first kappa shape index (κ1) is 22.0. The molecule has 0 bridgehead atoms. The molecule has 158 valence electrons. The topological polar surface area (TPSA) is 80.7 Å². The number of aliphatic imine (C=N–C) groups is 1. The number of fused-ring (bicyclic) bond motifs is 1. The van der Waals surface area contributed by atoms with Gasteiger partial charge in [0.2, 0.25) is 5.91 Å². The van der Waals surface area contributed by atoms with Crippen LogP contribution in [0.1, 0.15) is 5.56 Å². The average molecular weight is 538 g/mol. The number of nitrogens with two attached hydrogens (primary N) is 1. The number of nitrogens with zero attached hydrogens (tertiary/aromatic N) is 3. The summed E-state index contributed by atoms with van der Waals surface area (Å²) in [6.07, 6.45) is 3.61. The Morgan fingerprint density at radius 3 is 2.61 bits per heavy atom. The molecule has 1 aromatic heterocycles. The molecule has 0 saturated carbocycles. The first-order chi connectivity index (χ1) is 14.7. The molecule has 0 spiro atoms. The Bertz CT molecular complexity index is 1280. The van der Waals surface area contributed by atoms with Crippen LogP contribution in [0, 0.1) is 0 Å². The van der Waals surface area contributed by atoms with Crippen molar-refractivity contribution in [3.63, 3.8) is 0 Å². The largest absolute Gasteiger partial charge is 0.368 e. The minimum absolute atomic E-state index is 0.0462. The number of rotatable bonds is 4. The molecule has 1 aliphatic heterocycles. The molecule has 4 rings (SSSR count). The van der Waals surface area contributed by atoms with Gasteiger partial charge in [0, 0.05) is 44.2 Å². The van der Waals surface area contributed by atoms with E-state index >= 15 is 0 Å². The first-order valence-electron chi connectivity index (χ1n) is 9.00. The highest BCUT2D eigenvalue weighted by Gasteiger charge is 2.30. The van der Waals surface area contributed by atoms with E-state index in [1.165, 1.54) is 16.7 Å². The van der Waals surface area contributed by atoms with Crippen LogP contribution < -0.4 is 5.73 Å². The van der Waals surface area contributed by atoms with Gasteiger partial charge >= 0.3 is 0 Å². The monoisotopic (exact) mass is 536 g/mol. The summed E-state index contributed by atoms with van der Waals surface area (Å²) in [6, 6.07) is 10.7. The van der Waals surface area contributed by atoms with Gasteiger partial charge in [-0.15, -0.1) is 0 Å². The summed E-state index contributed by atoms with van der Waals surface area (Å²) in [5.74, 6) is -0.623. The van der Waals surface area contributed by atoms with Crippen LogP contribution in [-0.4, -0.2) is 33.5 Å². The van der Waals surface area contributed by atoms with Crippen molar-refractivity contribution in [2.45, 2.75) is 6.54 Å². The highest BCUT2D eigenvalue weighted by molar-refractivity contribution is 9.10. The van der Waals surface area contributed by atoms with Crippen LogP contribution >= 0.6 is 50.9 Å². The van der Waals surface area contributed by atoms with E-state index in [1.807, 2.05) is 24.4 Å². The van der Waals surface area contributed by atoms with E-state index < -0.39 is 5.91 Å². The fourth-order valence-electron chi connectivity index (χ4n) is 3.22. The number of thioether (sulfide) groups is 1. The smallest absolute Gasteiger partial charge is 0.266 e. The van der Waals surface area contributed by atoms with Gasteiger partial charge in [-0.05, 0) is 54.2 Å². The van der Waals surface area contributed by atoms with Crippen molar-refractivity contribution in [2.24, 2.45) is 10.7 Å². The van der Waals surface area contributed by atoms with Crippen LogP contribution in [0.25, 0.3) is 17.0 Å². The second kappa shape index (κ2) is 8.70. The van der Waals surface area contributed by atoms with Gasteiger partial charge in [-0.1, -0.05) is 39.1 Å². The summed E-state index contributed by atoms with van der Waals surface area (Å²) in [5.41, 5.74) is 7.59. The maximum absolute atomic E-state index is 12.8. The molecule has 1 aliphatic rings. The minimum Gasteiger partial charge on any atom is -0.368 e. The summed E-state index contributed by atoms with van der Waals surface area (Å²) < 4.78 is 2.66. The average Bonchev–Trinajstić information content (AvgIpc) is 3.13. The number of carbonyl (C=O) groups excluding carboxylic acids is 2. The SMILES string of the molecule is CN1C(=O)C(=Cc2cn(CC(N)=O)c3ccc(Br)cc23)SC1=Nc1cc(Cl)cc(Cl)c1. The van der Waals surface area contributed by atoms with Crippen molar-refractivity contribution in [1.82, 2.24) is 9.47 Å². The second-order valence-corrected chi connectivity index (χ2v) is 9.63. The molecule has 2 amide bonds. The third-order valence-electron chi connectivity index (χ3n) is 4.56.